The van der Waals surface area contributed by atoms with Gasteiger partial charge in [-0.25, -0.2) is 4.98 Å². The van der Waals surface area contributed by atoms with Gasteiger partial charge in [0.2, 0.25) is 5.91 Å². The van der Waals surface area contributed by atoms with Crippen molar-refractivity contribution in [2.75, 3.05) is 32.3 Å². The molecule has 5 rings (SSSR count). The van der Waals surface area contributed by atoms with E-state index in [2.05, 4.69) is 10.6 Å². The molecular weight excluding hydrogens is 430 g/mol. The van der Waals surface area contributed by atoms with Crippen LogP contribution in [0.25, 0.3) is 11.0 Å². The van der Waals surface area contributed by atoms with Crippen molar-refractivity contribution in [3.05, 3.63) is 78.6 Å². The Morgan fingerprint density at radius 3 is 2.35 bits per heavy atom. The predicted molar refractivity (Wildman–Crippen MR) is 131 cm³/mol. The summed E-state index contributed by atoms with van der Waals surface area (Å²) in [7, 11) is 3.26. The molecule has 0 radical (unpaired) electrons. The fourth-order valence-electron chi connectivity index (χ4n) is 4.59. The number of carbonyl (C=O) groups is 1. The largest absolute Gasteiger partial charge is 0.495 e. The molecule has 3 aromatic carbocycles. The maximum Gasteiger partial charge on any atom is 0.227 e. The quantitative estimate of drug-likeness (QED) is 0.385. The van der Waals surface area contributed by atoms with Crippen molar-refractivity contribution in [1.29, 1.82) is 0 Å². The van der Waals surface area contributed by atoms with Gasteiger partial charge in [0.1, 0.15) is 18.2 Å². The van der Waals surface area contributed by atoms with Crippen molar-refractivity contribution >= 4 is 22.6 Å². The number of hydrogen-bond acceptors (Lipinski definition) is 5. The number of amides is 1. The molecule has 1 fully saturated rings. The SMILES string of the molecule is COc1ccccc1OCCn1c(C2CC(=O)N(c3ccccc3OC)C2)nc2ccccc21. The smallest absolute Gasteiger partial charge is 0.227 e. The Kier molecular flexibility index (Phi) is 6.08. The molecule has 0 spiro atoms. The van der Waals surface area contributed by atoms with E-state index in [0.717, 1.165) is 22.5 Å². The summed E-state index contributed by atoms with van der Waals surface area (Å²) in [6.45, 7) is 1.60. The molecule has 1 aliphatic heterocycles. The Labute approximate surface area is 198 Å². The van der Waals surface area contributed by atoms with Gasteiger partial charge < -0.3 is 23.7 Å². The van der Waals surface area contributed by atoms with Crippen molar-refractivity contribution in [1.82, 2.24) is 9.55 Å². The van der Waals surface area contributed by atoms with Crippen molar-refractivity contribution in [2.45, 2.75) is 18.9 Å². The van der Waals surface area contributed by atoms with Crippen LogP contribution < -0.4 is 19.1 Å². The van der Waals surface area contributed by atoms with Crippen LogP contribution in [0.15, 0.2) is 72.8 Å². The van der Waals surface area contributed by atoms with Crippen molar-refractivity contribution < 1.29 is 19.0 Å². The molecule has 174 valence electrons. The zero-order valence-corrected chi connectivity index (χ0v) is 19.3. The van der Waals surface area contributed by atoms with E-state index < -0.39 is 0 Å². The van der Waals surface area contributed by atoms with Crippen LogP contribution in [0.1, 0.15) is 18.2 Å². The Balaban J connectivity index is 1.41. The molecule has 1 aliphatic rings. The second-order valence-corrected chi connectivity index (χ2v) is 8.19. The number of ether oxygens (including phenoxy) is 3. The predicted octanol–water partition coefficient (Wildman–Crippen LogP) is 4.65. The summed E-state index contributed by atoms with van der Waals surface area (Å²) in [5.74, 6) is 3.03. The van der Waals surface area contributed by atoms with Crippen LogP contribution >= 0.6 is 0 Å². The highest BCUT2D eigenvalue weighted by Gasteiger charge is 2.35. The van der Waals surface area contributed by atoms with Crippen molar-refractivity contribution in [2.24, 2.45) is 0 Å². The zero-order valence-electron chi connectivity index (χ0n) is 19.3. The fourth-order valence-corrected chi connectivity index (χ4v) is 4.59. The molecule has 2 heterocycles. The van der Waals surface area contributed by atoms with E-state index in [1.165, 1.54) is 0 Å². The highest BCUT2D eigenvalue weighted by molar-refractivity contribution is 5.97. The number of para-hydroxylation sites is 6. The summed E-state index contributed by atoms with van der Waals surface area (Å²) in [5.41, 5.74) is 2.74. The van der Waals surface area contributed by atoms with Gasteiger partial charge in [-0.15, -0.1) is 0 Å². The number of rotatable bonds is 8. The molecule has 0 saturated carbocycles. The van der Waals surface area contributed by atoms with E-state index in [9.17, 15) is 4.79 Å². The van der Waals surface area contributed by atoms with Crippen molar-refractivity contribution in [3.8, 4) is 17.2 Å². The van der Waals surface area contributed by atoms with Crippen LogP contribution in [-0.2, 0) is 11.3 Å². The summed E-state index contributed by atoms with van der Waals surface area (Å²) in [6.07, 6.45) is 0.398. The van der Waals surface area contributed by atoms with Gasteiger partial charge in [-0.3, -0.25) is 4.79 Å². The Bertz CT molecular complexity index is 1320. The summed E-state index contributed by atoms with van der Waals surface area (Å²) < 4.78 is 19.1. The molecule has 1 unspecified atom stereocenters. The van der Waals surface area contributed by atoms with Crippen LogP contribution in [0.4, 0.5) is 5.69 Å². The van der Waals surface area contributed by atoms with E-state index in [1.54, 1.807) is 19.1 Å². The third kappa shape index (κ3) is 4.05. The molecule has 0 bridgehead atoms. The zero-order chi connectivity index (χ0) is 23.5. The van der Waals surface area contributed by atoms with E-state index in [0.29, 0.717) is 43.4 Å². The Hall–Kier alpha value is -4.00. The number of nitrogens with zero attached hydrogens (tertiary/aromatic N) is 3. The maximum atomic E-state index is 13.0. The van der Waals surface area contributed by atoms with E-state index in [-0.39, 0.29) is 11.8 Å². The Morgan fingerprint density at radius 2 is 1.56 bits per heavy atom. The number of carbonyl (C=O) groups excluding carboxylic acids is 1. The van der Waals surface area contributed by atoms with Gasteiger partial charge in [-0.05, 0) is 36.4 Å². The topological polar surface area (TPSA) is 65.8 Å². The Morgan fingerprint density at radius 1 is 0.882 bits per heavy atom. The minimum absolute atomic E-state index is 0.0314. The molecule has 7 nitrogen and oxygen atoms in total. The first-order valence-electron chi connectivity index (χ1n) is 11.3. The number of hydrogen-bond donors (Lipinski definition) is 0. The molecule has 0 aliphatic carbocycles. The normalized spacial score (nSPS) is 15.6. The van der Waals surface area contributed by atoms with Gasteiger partial charge in [-0.1, -0.05) is 36.4 Å². The molecule has 1 amide bonds. The standard InChI is InChI=1S/C27H27N3O4/c1-32-23-12-6-5-11-22(23)30-18-19(17-26(30)31)27-28-20-9-3-4-10-21(20)29(27)15-16-34-25-14-8-7-13-24(25)33-2/h3-14,19H,15-18H2,1-2H3. The molecule has 7 heteroatoms. The van der Waals surface area contributed by atoms with Gasteiger partial charge in [-0.2, -0.15) is 0 Å². The first kappa shape index (κ1) is 21.8. The first-order valence-corrected chi connectivity index (χ1v) is 11.3. The lowest BCUT2D eigenvalue weighted by atomic mass is 10.1. The molecule has 0 N–H and O–H groups in total. The lowest BCUT2D eigenvalue weighted by Gasteiger charge is -2.20. The molecule has 1 saturated heterocycles. The van der Waals surface area contributed by atoms with E-state index >= 15 is 0 Å². The second-order valence-electron chi connectivity index (χ2n) is 8.19. The molecule has 4 aromatic rings. The van der Waals surface area contributed by atoms with Gasteiger partial charge in [0, 0.05) is 18.9 Å². The molecular formula is C27H27N3O4. The van der Waals surface area contributed by atoms with Crippen LogP contribution in [0.2, 0.25) is 0 Å². The van der Waals surface area contributed by atoms with E-state index in [1.807, 2.05) is 66.7 Å². The minimum atomic E-state index is -0.0314. The van der Waals surface area contributed by atoms with Gasteiger partial charge in [0.15, 0.2) is 11.5 Å². The fraction of sp³-hybridized carbons (Fsp3) is 0.259. The van der Waals surface area contributed by atoms with Gasteiger partial charge in [0.05, 0.1) is 37.5 Å². The number of benzene rings is 3. The maximum absolute atomic E-state index is 13.0. The monoisotopic (exact) mass is 457 g/mol. The average Bonchev–Trinajstić information content (AvgIpc) is 3.44. The number of aromatic nitrogens is 2. The number of imidazole rings is 1. The summed E-state index contributed by atoms with van der Waals surface area (Å²) in [5, 5.41) is 0. The number of anilines is 1. The molecule has 1 atom stereocenters. The summed E-state index contributed by atoms with van der Waals surface area (Å²) >= 11 is 0. The lowest BCUT2D eigenvalue weighted by molar-refractivity contribution is -0.117. The van der Waals surface area contributed by atoms with Crippen molar-refractivity contribution in [3.63, 3.8) is 0 Å². The van der Waals surface area contributed by atoms with Crippen LogP contribution in [-0.4, -0.2) is 42.8 Å². The second kappa shape index (κ2) is 9.47. The van der Waals surface area contributed by atoms with Crippen LogP contribution in [0.5, 0.6) is 17.2 Å². The summed E-state index contributed by atoms with van der Waals surface area (Å²) in [4.78, 5) is 19.8. The minimum Gasteiger partial charge on any atom is -0.495 e. The first-order chi connectivity index (χ1) is 16.7. The lowest BCUT2D eigenvalue weighted by Crippen LogP contribution is -2.25. The highest BCUT2D eigenvalue weighted by atomic mass is 16.5. The van der Waals surface area contributed by atoms with Crippen LogP contribution in [0, 0.1) is 0 Å². The molecule has 34 heavy (non-hydrogen) atoms. The third-order valence-corrected chi connectivity index (χ3v) is 6.19. The van der Waals surface area contributed by atoms with Gasteiger partial charge in [0.25, 0.3) is 0 Å². The van der Waals surface area contributed by atoms with E-state index in [4.69, 9.17) is 19.2 Å². The average molecular weight is 458 g/mol. The van der Waals surface area contributed by atoms with Gasteiger partial charge >= 0.3 is 0 Å². The number of methoxy groups -OCH3 is 2. The summed E-state index contributed by atoms with van der Waals surface area (Å²) in [6, 6.07) is 23.3. The highest BCUT2D eigenvalue weighted by Crippen LogP contribution is 2.37. The van der Waals surface area contributed by atoms with Crippen LogP contribution in [0.3, 0.4) is 0 Å². The molecule has 1 aromatic heterocycles. The number of fused-ring (bicyclic) bond motifs is 1. The third-order valence-electron chi connectivity index (χ3n) is 6.19.